The van der Waals surface area contributed by atoms with Crippen LogP contribution in [0.3, 0.4) is 0 Å². The number of rotatable bonds is 7. The molecule has 4 nitrogen and oxygen atoms in total. The van der Waals surface area contributed by atoms with Gasteiger partial charge in [0.15, 0.2) is 0 Å². The molecule has 1 amide bonds. The molecule has 0 spiro atoms. The van der Waals surface area contributed by atoms with Crippen molar-refractivity contribution in [2.75, 3.05) is 20.1 Å². The maximum Gasteiger partial charge on any atom is 0.234 e. The van der Waals surface area contributed by atoms with E-state index in [4.69, 9.17) is 5.26 Å². The lowest BCUT2D eigenvalue weighted by molar-refractivity contribution is -0.120. The number of hydrogen-bond donors (Lipinski definition) is 1. The average Bonchev–Trinajstić information content (AvgIpc) is 2.36. The molecule has 0 aliphatic carbocycles. The first-order valence-electron chi connectivity index (χ1n) is 6.08. The molecular formula is C14H19N3O. The molecule has 0 atom stereocenters. The molecule has 1 aromatic rings. The zero-order valence-electron chi connectivity index (χ0n) is 10.7. The molecule has 0 aromatic heterocycles. The number of nitrogens with zero attached hydrogens (tertiary/aromatic N) is 2. The van der Waals surface area contributed by atoms with E-state index in [1.165, 1.54) is 5.56 Å². The van der Waals surface area contributed by atoms with Crippen LogP contribution in [-0.2, 0) is 11.3 Å². The third-order valence-corrected chi connectivity index (χ3v) is 2.57. The average molecular weight is 245 g/mol. The summed E-state index contributed by atoms with van der Waals surface area (Å²) in [5.41, 5.74) is 1.29. The third kappa shape index (κ3) is 6.02. The Kier molecular flexibility index (Phi) is 6.52. The summed E-state index contributed by atoms with van der Waals surface area (Å²) in [7, 11) is 2.06. The Morgan fingerprint density at radius 2 is 2.11 bits per heavy atom. The van der Waals surface area contributed by atoms with Gasteiger partial charge >= 0.3 is 0 Å². The highest BCUT2D eigenvalue weighted by molar-refractivity contribution is 5.77. The second-order valence-corrected chi connectivity index (χ2v) is 4.26. The van der Waals surface area contributed by atoms with Crippen LogP contribution in [-0.4, -0.2) is 30.9 Å². The minimum absolute atomic E-state index is 0.0557. The van der Waals surface area contributed by atoms with Gasteiger partial charge < -0.3 is 10.2 Å². The van der Waals surface area contributed by atoms with Crippen molar-refractivity contribution < 1.29 is 4.79 Å². The first-order chi connectivity index (χ1) is 8.72. The van der Waals surface area contributed by atoms with Crippen molar-refractivity contribution in [2.24, 2.45) is 0 Å². The van der Waals surface area contributed by atoms with Gasteiger partial charge in [0.25, 0.3) is 0 Å². The van der Waals surface area contributed by atoms with Gasteiger partial charge in [0.05, 0.1) is 6.07 Å². The summed E-state index contributed by atoms with van der Waals surface area (Å²) in [6.07, 6.45) is 0.834. The van der Waals surface area contributed by atoms with Gasteiger partial charge in [-0.05, 0) is 25.6 Å². The van der Waals surface area contributed by atoms with Crippen LogP contribution in [0.1, 0.15) is 18.4 Å². The van der Waals surface area contributed by atoms with Gasteiger partial charge in [-0.1, -0.05) is 30.3 Å². The van der Waals surface area contributed by atoms with E-state index in [0.717, 1.165) is 19.5 Å². The molecule has 0 bridgehead atoms. The highest BCUT2D eigenvalue weighted by Crippen LogP contribution is 2.02. The molecule has 0 aliphatic rings. The standard InChI is InChI=1S/C14H19N3O/c1-17(12-13-6-3-2-4-7-13)11-5-10-16-14(18)8-9-15/h2-4,6-7H,5,8,10-12H2,1H3,(H,16,18). The van der Waals surface area contributed by atoms with Crippen LogP contribution in [0, 0.1) is 11.3 Å². The first-order valence-corrected chi connectivity index (χ1v) is 6.08. The summed E-state index contributed by atoms with van der Waals surface area (Å²) in [4.78, 5) is 13.2. The second-order valence-electron chi connectivity index (χ2n) is 4.26. The van der Waals surface area contributed by atoms with Gasteiger partial charge in [-0.25, -0.2) is 0 Å². The Hall–Kier alpha value is -1.86. The van der Waals surface area contributed by atoms with Crippen molar-refractivity contribution >= 4 is 5.91 Å². The van der Waals surface area contributed by atoms with Crippen molar-refractivity contribution in [1.82, 2.24) is 10.2 Å². The minimum Gasteiger partial charge on any atom is -0.355 e. The van der Waals surface area contributed by atoms with Crippen LogP contribution < -0.4 is 5.32 Å². The van der Waals surface area contributed by atoms with E-state index in [2.05, 4.69) is 29.4 Å². The number of carbonyl (C=O) groups is 1. The fourth-order valence-electron chi connectivity index (χ4n) is 1.69. The summed E-state index contributed by atoms with van der Waals surface area (Å²) < 4.78 is 0. The monoisotopic (exact) mass is 245 g/mol. The fourth-order valence-corrected chi connectivity index (χ4v) is 1.69. The Morgan fingerprint density at radius 1 is 1.39 bits per heavy atom. The zero-order chi connectivity index (χ0) is 13.2. The van der Waals surface area contributed by atoms with E-state index in [0.29, 0.717) is 6.54 Å². The summed E-state index contributed by atoms with van der Waals surface area (Å²) >= 11 is 0. The molecule has 0 saturated carbocycles. The molecule has 0 radical (unpaired) electrons. The van der Waals surface area contributed by atoms with Gasteiger partial charge in [0, 0.05) is 13.1 Å². The lowest BCUT2D eigenvalue weighted by Gasteiger charge is -2.16. The smallest absolute Gasteiger partial charge is 0.234 e. The summed E-state index contributed by atoms with van der Waals surface area (Å²) in [5.74, 6) is -0.191. The van der Waals surface area contributed by atoms with Gasteiger partial charge in [-0.15, -0.1) is 0 Å². The quantitative estimate of drug-likeness (QED) is 0.741. The van der Waals surface area contributed by atoms with Crippen LogP contribution in [0.5, 0.6) is 0 Å². The normalized spacial score (nSPS) is 10.1. The van der Waals surface area contributed by atoms with Crippen molar-refractivity contribution in [1.29, 1.82) is 5.26 Å². The van der Waals surface area contributed by atoms with E-state index in [9.17, 15) is 4.79 Å². The lowest BCUT2D eigenvalue weighted by atomic mass is 10.2. The van der Waals surface area contributed by atoms with Crippen LogP contribution in [0.4, 0.5) is 0 Å². The minimum atomic E-state index is -0.191. The van der Waals surface area contributed by atoms with E-state index >= 15 is 0 Å². The maximum absolute atomic E-state index is 11.0. The van der Waals surface area contributed by atoms with Crippen molar-refractivity contribution in [3.63, 3.8) is 0 Å². The molecule has 4 heteroatoms. The predicted molar refractivity (Wildman–Crippen MR) is 70.6 cm³/mol. The largest absolute Gasteiger partial charge is 0.355 e. The van der Waals surface area contributed by atoms with Gasteiger partial charge in [-0.3, -0.25) is 4.79 Å². The number of benzene rings is 1. The van der Waals surface area contributed by atoms with Crippen molar-refractivity contribution in [3.8, 4) is 6.07 Å². The number of carbonyl (C=O) groups excluding carboxylic acids is 1. The molecule has 0 aliphatic heterocycles. The molecule has 1 aromatic carbocycles. The number of nitrogens with one attached hydrogen (secondary N) is 1. The van der Waals surface area contributed by atoms with E-state index in [-0.39, 0.29) is 12.3 Å². The molecule has 1 rings (SSSR count). The second kappa shape index (κ2) is 8.26. The SMILES string of the molecule is CN(CCCNC(=O)CC#N)Cc1ccccc1. The summed E-state index contributed by atoms with van der Waals surface area (Å²) in [5, 5.41) is 11.0. The van der Waals surface area contributed by atoms with E-state index < -0.39 is 0 Å². The lowest BCUT2D eigenvalue weighted by Crippen LogP contribution is -2.27. The Balaban J connectivity index is 2.13. The molecular weight excluding hydrogens is 226 g/mol. The third-order valence-electron chi connectivity index (χ3n) is 2.57. The predicted octanol–water partition coefficient (Wildman–Crippen LogP) is 1.54. The van der Waals surface area contributed by atoms with Crippen LogP contribution in [0.25, 0.3) is 0 Å². The first kappa shape index (κ1) is 14.2. The Bertz CT molecular complexity index is 397. The number of amides is 1. The zero-order valence-corrected chi connectivity index (χ0v) is 10.7. The highest BCUT2D eigenvalue weighted by atomic mass is 16.1. The molecule has 0 saturated heterocycles. The summed E-state index contributed by atoms with van der Waals surface area (Å²) in [6, 6.07) is 12.1. The van der Waals surface area contributed by atoms with Crippen LogP contribution in [0.15, 0.2) is 30.3 Å². The fraction of sp³-hybridized carbons (Fsp3) is 0.429. The number of nitriles is 1. The number of hydrogen-bond acceptors (Lipinski definition) is 3. The van der Waals surface area contributed by atoms with Crippen molar-refractivity contribution in [3.05, 3.63) is 35.9 Å². The molecule has 0 heterocycles. The maximum atomic E-state index is 11.0. The Labute approximate surface area is 108 Å². The topological polar surface area (TPSA) is 56.1 Å². The van der Waals surface area contributed by atoms with E-state index in [1.54, 1.807) is 0 Å². The van der Waals surface area contributed by atoms with Crippen molar-refractivity contribution in [2.45, 2.75) is 19.4 Å². The molecule has 1 N–H and O–H groups in total. The molecule has 0 fully saturated rings. The summed E-state index contributed by atoms with van der Waals surface area (Å²) in [6.45, 7) is 2.45. The van der Waals surface area contributed by atoms with Gasteiger partial charge in [-0.2, -0.15) is 5.26 Å². The molecule has 96 valence electrons. The van der Waals surface area contributed by atoms with Gasteiger partial charge in [0.2, 0.25) is 5.91 Å². The molecule has 18 heavy (non-hydrogen) atoms. The highest BCUT2D eigenvalue weighted by Gasteiger charge is 2.01. The van der Waals surface area contributed by atoms with E-state index in [1.807, 2.05) is 24.3 Å². The van der Waals surface area contributed by atoms with Gasteiger partial charge in [0.1, 0.15) is 6.42 Å². The molecule has 0 unspecified atom stereocenters. The van der Waals surface area contributed by atoms with Crippen LogP contribution in [0.2, 0.25) is 0 Å². The van der Waals surface area contributed by atoms with Crippen LogP contribution >= 0.6 is 0 Å². The Morgan fingerprint density at radius 3 is 2.78 bits per heavy atom.